The first-order chi connectivity index (χ1) is 4.66. The Balaban J connectivity index is 2.83. The van der Waals surface area contributed by atoms with Gasteiger partial charge in [0.2, 0.25) is 0 Å². The Morgan fingerprint density at radius 2 is 2.30 bits per heavy atom. The average Bonchev–Trinajstić information content (AvgIpc) is 2.17. The Hall–Kier alpha value is -0.830. The number of ether oxygens (including phenoxy) is 1. The number of hydrogen-bond donors (Lipinski definition) is 1. The van der Waals surface area contributed by atoms with Gasteiger partial charge in [-0.3, -0.25) is 4.79 Å². The standard InChI is InChI=1S/C7H10O3/c1-4-6(10-2)3-5(8)7(4)9/h5,8H,3H2,1-2H3. The molecule has 10 heavy (non-hydrogen) atoms. The molecule has 1 atom stereocenters. The molecule has 1 aliphatic rings. The van der Waals surface area contributed by atoms with Crippen molar-refractivity contribution < 1.29 is 14.6 Å². The van der Waals surface area contributed by atoms with E-state index >= 15 is 0 Å². The highest BCUT2D eigenvalue weighted by Crippen LogP contribution is 2.22. The minimum absolute atomic E-state index is 0.211. The molecule has 0 saturated heterocycles. The average molecular weight is 142 g/mol. The molecule has 0 spiro atoms. The van der Waals surface area contributed by atoms with E-state index in [-0.39, 0.29) is 5.78 Å². The molecule has 56 valence electrons. The van der Waals surface area contributed by atoms with E-state index in [0.29, 0.717) is 17.8 Å². The molecule has 0 aromatic carbocycles. The number of aliphatic hydroxyl groups is 1. The summed E-state index contributed by atoms with van der Waals surface area (Å²) in [6.07, 6.45) is -0.531. The van der Waals surface area contributed by atoms with Crippen molar-refractivity contribution in [3.05, 3.63) is 11.3 Å². The van der Waals surface area contributed by atoms with Crippen LogP contribution in [-0.2, 0) is 9.53 Å². The third-order valence-electron chi connectivity index (χ3n) is 1.72. The van der Waals surface area contributed by atoms with Crippen molar-refractivity contribution in [2.24, 2.45) is 0 Å². The molecule has 0 heterocycles. The van der Waals surface area contributed by atoms with E-state index in [0.717, 1.165) is 0 Å². The Bertz CT molecular complexity index is 193. The van der Waals surface area contributed by atoms with Crippen molar-refractivity contribution in [1.29, 1.82) is 0 Å². The van der Waals surface area contributed by atoms with Crippen LogP contribution in [0.3, 0.4) is 0 Å². The lowest BCUT2D eigenvalue weighted by atomic mass is 10.2. The molecule has 0 radical (unpaired) electrons. The molecule has 0 aromatic heterocycles. The lowest BCUT2D eigenvalue weighted by Crippen LogP contribution is -2.13. The number of carbonyl (C=O) groups is 1. The van der Waals surface area contributed by atoms with Gasteiger partial charge in [0.05, 0.1) is 7.11 Å². The van der Waals surface area contributed by atoms with Crippen LogP contribution in [0.1, 0.15) is 13.3 Å². The summed E-state index contributed by atoms with van der Waals surface area (Å²) in [5, 5.41) is 9.00. The largest absolute Gasteiger partial charge is 0.501 e. The van der Waals surface area contributed by atoms with Crippen LogP contribution in [0.4, 0.5) is 0 Å². The van der Waals surface area contributed by atoms with Crippen LogP contribution in [-0.4, -0.2) is 24.1 Å². The van der Waals surface area contributed by atoms with E-state index in [1.54, 1.807) is 6.92 Å². The summed E-state index contributed by atoms with van der Waals surface area (Å²) in [5.41, 5.74) is 0.551. The Morgan fingerprint density at radius 3 is 2.50 bits per heavy atom. The quantitative estimate of drug-likeness (QED) is 0.570. The fraction of sp³-hybridized carbons (Fsp3) is 0.571. The maximum Gasteiger partial charge on any atom is 0.190 e. The third kappa shape index (κ3) is 0.926. The fourth-order valence-electron chi connectivity index (χ4n) is 1.05. The highest BCUT2D eigenvalue weighted by Gasteiger charge is 2.29. The molecule has 0 saturated carbocycles. The van der Waals surface area contributed by atoms with Crippen LogP contribution in [0.5, 0.6) is 0 Å². The molecule has 1 N–H and O–H groups in total. The molecule has 1 rings (SSSR count). The van der Waals surface area contributed by atoms with E-state index < -0.39 is 6.10 Å². The zero-order valence-corrected chi connectivity index (χ0v) is 6.05. The van der Waals surface area contributed by atoms with Crippen molar-refractivity contribution in [2.75, 3.05) is 7.11 Å². The van der Waals surface area contributed by atoms with E-state index in [9.17, 15) is 4.79 Å². The lowest BCUT2D eigenvalue weighted by molar-refractivity contribution is -0.122. The first-order valence-electron chi connectivity index (χ1n) is 3.13. The number of Topliss-reactive ketones (excluding diaryl/α,β-unsaturated/α-hetero) is 1. The lowest BCUT2D eigenvalue weighted by Gasteiger charge is -1.98. The monoisotopic (exact) mass is 142 g/mol. The summed E-state index contributed by atoms with van der Waals surface area (Å²) in [6, 6.07) is 0. The summed E-state index contributed by atoms with van der Waals surface area (Å²) >= 11 is 0. The second-order valence-electron chi connectivity index (χ2n) is 2.34. The molecule has 0 fully saturated rings. The maximum absolute atomic E-state index is 10.9. The van der Waals surface area contributed by atoms with Crippen molar-refractivity contribution in [3.8, 4) is 0 Å². The minimum atomic E-state index is -0.866. The second kappa shape index (κ2) is 2.42. The van der Waals surface area contributed by atoms with Crippen molar-refractivity contribution >= 4 is 5.78 Å². The second-order valence-corrected chi connectivity index (χ2v) is 2.34. The molecule has 0 amide bonds. The number of methoxy groups -OCH3 is 1. The van der Waals surface area contributed by atoms with E-state index in [4.69, 9.17) is 9.84 Å². The number of carbonyl (C=O) groups excluding carboxylic acids is 1. The molecule has 1 unspecified atom stereocenters. The summed E-state index contributed by atoms with van der Waals surface area (Å²) in [5.74, 6) is 0.398. The fourth-order valence-corrected chi connectivity index (χ4v) is 1.05. The SMILES string of the molecule is COC1=C(C)C(=O)C(O)C1. The normalized spacial score (nSPS) is 25.9. The Kier molecular flexibility index (Phi) is 1.76. The Labute approximate surface area is 59.3 Å². The van der Waals surface area contributed by atoms with Gasteiger partial charge in [-0.2, -0.15) is 0 Å². The highest BCUT2D eigenvalue weighted by molar-refractivity contribution is 6.01. The van der Waals surface area contributed by atoms with Gasteiger partial charge in [0, 0.05) is 12.0 Å². The Morgan fingerprint density at radius 1 is 1.70 bits per heavy atom. The van der Waals surface area contributed by atoms with Gasteiger partial charge < -0.3 is 9.84 Å². The van der Waals surface area contributed by atoms with Gasteiger partial charge in [0.1, 0.15) is 11.9 Å². The van der Waals surface area contributed by atoms with Gasteiger partial charge >= 0.3 is 0 Å². The predicted molar refractivity (Wildman–Crippen MR) is 35.3 cm³/mol. The molecular weight excluding hydrogens is 132 g/mol. The third-order valence-corrected chi connectivity index (χ3v) is 1.72. The zero-order chi connectivity index (χ0) is 7.72. The van der Waals surface area contributed by atoms with E-state index in [1.807, 2.05) is 0 Å². The van der Waals surface area contributed by atoms with Crippen LogP contribution in [0.25, 0.3) is 0 Å². The van der Waals surface area contributed by atoms with Gasteiger partial charge in [-0.25, -0.2) is 0 Å². The van der Waals surface area contributed by atoms with Crippen LogP contribution in [0.15, 0.2) is 11.3 Å². The first kappa shape index (κ1) is 7.28. The first-order valence-corrected chi connectivity index (χ1v) is 3.13. The van der Waals surface area contributed by atoms with Gasteiger partial charge in [0.15, 0.2) is 5.78 Å². The predicted octanol–water partition coefficient (Wildman–Crippen LogP) is 0.240. The maximum atomic E-state index is 10.9. The number of aliphatic hydroxyl groups excluding tert-OH is 1. The summed E-state index contributed by atoms with van der Waals surface area (Å²) in [4.78, 5) is 10.9. The number of hydrogen-bond acceptors (Lipinski definition) is 3. The topological polar surface area (TPSA) is 46.5 Å². The molecule has 0 aromatic rings. The molecule has 0 bridgehead atoms. The molecular formula is C7H10O3. The smallest absolute Gasteiger partial charge is 0.190 e. The zero-order valence-electron chi connectivity index (χ0n) is 6.05. The summed E-state index contributed by atoms with van der Waals surface area (Å²) in [6.45, 7) is 1.66. The molecule has 3 heteroatoms. The van der Waals surface area contributed by atoms with Crippen LogP contribution in [0.2, 0.25) is 0 Å². The van der Waals surface area contributed by atoms with Gasteiger partial charge in [0.25, 0.3) is 0 Å². The summed E-state index contributed by atoms with van der Waals surface area (Å²) in [7, 11) is 1.50. The van der Waals surface area contributed by atoms with Gasteiger partial charge in [-0.15, -0.1) is 0 Å². The van der Waals surface area contributed by atoms with Crippen molar-refractivity contribution in [3.63, 3.8) is 0 Å². The minimum Gasteiger partial charge on any atom is -0.501 e. The van der Waals surface area contributed by atoms with Crippen LogP contribution >= 0.6 is 0 Å². The van der Waals surface area contributed by atoms with Gasteiger partial charge in [-0.1, -0.05) is 0 Å². The van der Waals surface area contributed by atoms with Crippen molar-refractivity contribution in [1.82, 2.24) is 0 Å². The summed E-state index contributed by atoms with van der Waals surface area (Å²) < 4.78 is 4.86. The van der Waals surface area contributed by atoms with E-state index in [1.165, 1.54) is 7.11 Å². The molecule has 3 nitrogen and oxygen atoms in total. The van der Waals surface area contributed by atoms with Crippen LogP contribution < -0.4 is 0 Å². The van der Waals surface area contributed by atoms with Gasteiger partial charge in [-0.05, 0) is 6.92 Å². The number of rotatable bonds is 1. The van der Waals surface area contributed by atoms with Crippen molar-refractivity contribution in [2.45, 2.75) is 19.4 Å². The molecule has 0 aliphatic heterocycles. The number of ketones is 1. The molecule has 1 aliphatic carbocycles. The van der Waals surface area contributed by atoms with Crippen LogP contribution in [0, 0.1) is 0 Å². The van der Waals surface area contributed by atoms with E-state index in [2.05, 4.69) is 0 Å². The highest BCUT2D eigenvalue weighted by atomic mass is 16.5.